The van der Waals surface area contributed by atoms with E-state index in [0.29, 0.717) is 17.1 Å². The van der Waals surface area contributed by atoms with Crippen molar-refractivity contribution in [2.75, 3.05) is 25.7 Å². The molecule has 0 spiro atoms. The number of carbonyl (C=O) groups excluding carboxylic acids is 1. The summed E-state index contributed by atoms with van der Waals surface area (Å²) in [4.78, 5) is 14.9. The van der Waals surface area contributed by atoms with Gasteiger partial charge in [-0.05, 0) is 48.4 Å². The molecule has 0 aliphatic carbocycles. The van der Waals surface area contributed by atoms with Gasteiger partial charge in [-0.25, -0.2) is 16.8 Å². The van der Waals surface area contributed by atoms with Gasteiger partial charge in [0.15, 0.2) is 27.1 Å². The first-order chi connectivity index (χ1) is 16.6. The molecule has 9 nitrogen and oxygen atoms in total. The molecule has 1 saturated heterocycles. The molecule has 3 aromatic rings. The fourth-order valence-electron chi connectivity index (χ4n) is 4.00. The van der Waals surface area contributed by atoms with Gasteiger partial charge < -0.3 is 18.8 Å². The predicted octanol–water partition coefficient (Wildman–Crippen LogP) is 2.96. The molecule has 0 N–H and O–H groups in total. The summed E-state index contributed by atoms with van der Waals surface area (Å²) < 4.78 is 66.2. The Kier molecular flexibility index (Phi) is 6.91. The van der Waals surface area contributed by atoms with Crippen molar-refractivity contribution in [2.24, 2.45) is 0 Å². The molecule has 1 aliphatic heterocycles. The number of furan rings is 1. The van der Waals surface area contributed by atoms with E-state index >= 15 is 0 Å². The highest BCUT2D eigenvalue weighted by Crippen LogP contribution is 2.30. The highest BCUT2D eigenvalue weighted by Gasteiger charge is 2.36. The maximum Gasteiger partial charge on any atom is 0.290 e. The zero-order valence-corrected chi connectivity index (χ0v) is 20.8. The van der Waals surface area contributed by atoms with Crippen LogP contribution < -0.4 is 9.47 Å². The van der Waals surface area contributed by atoms with Crippen molar-refractivity contribution in [1.29, 1.82) is 0 Å². The molecule has 186 valence electrons. The predicted molar refractivity (Wildman–Crippen MR) is 127 cm³/mol. The zero-order valence-electron chi connectivity index (χ0n) is 19.2. The number of rotatable bonds is 8. The Morgan fingerprint density at radius 2 is 1.74 bits per heavy atom. The third kappa shape index (κ3) is 5.20. The van der Waals surface area contributed by atoms with Gasteiger partial charge in [0, 0.05) is 12.6 Å². The molecular weight excluding hydrogens is 494 g/mol. The van der Waals surface area contributed by atoms with Crippen LogP contribution in [0.5, 0.6) is 11.5 Å². The summed E-state index contributed by atoms with van der Waals surface area (Å²) in [6, 6.07) is 14.8. The molecule has 1 atom stereocenters. The maximum atomic E-state index is 13.5. The van der Waals surface area contributed by atoms with Gasteiger partial charge in [0.2, 0.25) is 14.9 Å². The lowest BCUT2D eigenvalue weighted by Crippen LogP contribution is -2.40. The fourth-order valence-corrected chi connectivity index (χ4v) is 6.93. The van der Waals surface area contributed by atoms with Crippen LogP contribution in [0.25, 0.3) is 0 Å². The second kappa shape index (κ2) is 9.74. The van der Waals surface area contributed by atoms with E-state index in [1.165, 1.54) is 43.4 Å². The summed E-state index contributed by atoms with van der Waals surface area (Å²) in [7, 11) is -4.25. The molecule has 2 heterocycles. The first-order valence-corrected chi connectivity index (χ1v) is 14.1. The standard InChI is InChI=1S/C24H25NO8S2/c1-31-20-9-8-17(14-22(20)32-2)15-25(18-12-13-34(27,28)16-18)24(26)21-10-11-23(33-21)35(29,30)19-6-4-3-5-7-19/h3-11,14,18H,12-13,15-16H2,1-2H3. The van der Waals surface area contributed by atoms with E-state index in [1.54, 1.807) is 36.4 Å². The van der Waals surface area contributed by atoms with E-state index in [2.05, 4.69) is 0 Å². The number of hydrogen-bond acceptors (Lipinski definition) is 8. The highest BCUT2D eigenvalue weighted by atomic mass is 32.2. The number of ether oxygens (including phenoxy) is 2. The molecule has 0 saturated carbocycles. The van der Waals surface area contributed by atoms with Gasteiger partial charge in [-0.15, -0.1) is 0 Å². The van der Waals surface area contributed by atoms with E-state index in [9.17, 15) is 21.6 Å². The van der Waals surface area contributed by atoms with Crippen LogP contribution in [-0.4, -0.2) is 59.4 Å². The molecule has 1 amide bonds. The van der Waals surface area contributed by atoms with Crippen LogP contribution >= 0.6 is 0 Å². The summed E-state index contributed by atoms with van der Waals surface area (Å²) in [6.45, 7) is 0.0703. The van der Waals surface area contributed by atoms with Crippen molar-refractivity contribution in [1.82, 2.24) is 4.90 Å². The fraction of sp³-hybridized carbons (Fsp3) is 0.292. The van der Waals surface area contributed by atoms with Crippen LogP contribution in [0.3, 0.4) is 0 Å². The molecule has 11 heteroatoms. The van der Waals surface area contributed by atoms with Gasteiger partial charge >= 0.3 is 0 Å². The van der Waals surface area contributed by atoms with Crippen molar-refractivity contribution in [2.45, 2.75) is 29.0 Å². The van der Waals surface area contributed by atoms with Gasteiger partial charge in [-0.1, -0.05) is 24.3 Å². The van der Waals surface area contributed by atoms with Crippen LogP contribution in [0.4, 0.5) is 0 Å². The van der Waals surface area contributed by atoms with Crippen LogP contribution in [0, 0.1) is 0 Å². The normalized spacial score (nSPS) is 17.1. The van der Waals surface area contributed by atoms with Crippen LogP contribution in [0.15, 0.2) is 75.1 Å². The van der Waals surface area contributed by atoms with E-state index in [4.69, 9.17) is 13.9 Å². The SMILES string of the molecule is COc1ccc(CN(C(=O)c2ccc(S(=O)(=O)c3ccccc3)o2)C2CCS(=O)(=O)C2)cc1OC. The van der Waals surface area contributed by atoms with Crippen molar-refractivity contribution >= 4 is 25.6 Å². The smallest absolute Gasteiger partial charge is 0.290 e. The summed E-state index contributed by atoms with van der Waals surface area (Å²) >= 11 is 0. The van der Waals surface area contributed by atoms with Gasteiger partial charge in [-0.2, -0.15) is 0 Å². The Bertz CT molecular complexity index is 1430. The molecular formula is C24H25NO8S2. The molecule has 1 aliphatic rings. The number of nitrogens with zero attached hydrogens (tertiary/aromatic N) is 1. The van der Waals surface area contributed by atoms with Crippen LogP contribution in [0.1, 0.15) is 22.5 Å². The Labute approximate surface area is 204 Å². The average molecular weight is 520 g/mol. The molecule has 35 heavy (non-hydrogen) atoms. The second-order valence-corrected chi connectivity index (χ2v) is 12.2. The number of sulfone groups is 2. The van der Waals surface area contributed by atoms with E-state index in [1.807, 2.05) is 0 Å². The van der Waals surface area contributed by atoms with E-state index < -0.39 is 31.6 Å². The number of carbonyl (C=O) groups is 1. The van der Waals surface area contributed by atoms with E-state index in [-0.39, 0.29) is 40.2 Å². The Hall–Kier alpha value is -3.31. The lowest BCUT2D eigenvalue weighted by Gasteiger charge is -2.28. The van der Waals surface area contributed by atoms with Crippen LogP contribution in [0.2, 0.25) is 0 Å². The van der Waals surface area contributed by atoms with Crippen molar-refractivity contribution < 1.29 is 35.5 Å². The Balaban J connectivity index is 1.66. The third-order valence-corrected chi connectivity index (χ3v) is 9.21. The number of amides is 1. The summed E-state index contributed by atoms with van der Waals surface area (Å²) in [5.74, 6) is -0.0214. The van der Waals surface area contributed by atoms with Crippen molar-refractivity contribution in [3.63, 3.8) is 0 Å². The summed E-state index contributed by atoms with van der Waals surface area (Å²) in [5, 5.41) is -0.364. The van der Waals surface area contributed by atoms with Gasteiger partial charge in [0.05, 0.1) is 30.6 Å². The largest absolute Gasteiger partial charge is 0.493 e. The lowest BCUT2D eigenvalue weighted by molar-refractivity contribution is 0.0642. The topological polar surface area (TPSA) is 120 Å². The van der Waals surface area contributed by atoms with Crippen LogP contribution in [-0.2, 0) is 26.2 Å². The first-order valence-electron chi connectivity index (χ1n) is 10.8. The van der Waals surface area contributed by atoms with Gasteiger partial charge in [0.1, 0.15) is 0 Å². The average Bonchev–Trinajstić information content (AvgIpc) is 3.49. The minimum atomic E-state index is -3.95. The highest BCUT2D eigenvalue weighted by molar-refractivity contribution is 7.91. The zero-order chi connectivity index (χ0) is 25.2. The molecule has 2 aromatic carbocycles. The first kappa shape index (κ1) is 24.8. The molecule has 1 aromatic heterocycles. The van der Waals surface area contributed by atoms with E-state index in [0.717, 1.165) is 0 Å². The molecule has 0 bridgehead atoms. The maximum absolute atomic E-state index is 13.5. The van der Waals surface area contributed by atoms with Crippen molar-refractivity contribution in [3.8, 4) is 11.5 Å². The molecule has 1 fully saturated rings. The monoisotopic (exact) mass is 519 g/mol. The Morgan fingerprint density at radius 1 is 1.03 bits per heavy atom. The molecule has 4 rings (SSSR count). The minimum absolute atomic E-state index is 0.0286. The molecule has 1 unspecified atom stereocenters. The minimum Gasteiger partial charge on any atom is -0.493 e. The molecule has 0 radical (unpaired) electrons. The number of methoxy groups -OCH3 is 2. The second-order valence-electron chi connectivity index (χ2n) is 8.11. The van der Waals surface area contributed by atoms with Gasteiger partial charge in [-0.3, -0.25) is 4.79 Å². The van der Waals surface area contributed by atoms with Crippen molar-refractivity contribution in [3.05, 3.63) is 72.0 Å². The third-order valence-electron chi connectivity index (χ3n) is 5.82. The van der Waals surface area contributed by atoms with Gasteiger partial charge in [0.25, 0.3) is 5.91 Å². The number of benzene rings is 2. The summed E-state index contributed by atoms with van der Waals surface area (Å²) in [6.07, 6.45) is 0.275. The summed E-state index contributed by atoms with van der Waals surface area (Å²) in [5.41, 5.74) is 0.684. The number of hydrogen-bond donors (Lipinski definition) is 0. The quantitative estimate of drug-likeness (QED) is 0.446. The lowest BCUT2D eigenvalue weighted by atomic mass is 10.1. The Morgan fingerprint density at radius 3 is 2.37 bits per heavy atom.